The lowest BCUT2D eigenvalue weighted by molar-refractivity contribution is 0.0521. The minimum atomic E-state index is -1.00. The summed E-state index contributed by atoms with van der Waals surface area (Å²) in [5, 5.41) is 20.3. The zero-order chi connectivity index (χ0) is 21.0. The van der Waals surface area contributed by atoms with Crippen LogP contribution in [0, 0.1) is 6.92 Å². The molecule has 0 aromatic heterocycles. The third-order valence-corrected chi connectivity index (χ3v) is 4.17. The molecule has 0 saturated carbocycles. The molecule has 0 aliphatic rings. The van der Waals surface area contributed by atoms with Gasteiger partial charge in [0.25, 0.3) is 0 Å². The highest BCUT2D eigenvalue weighted by Gasteiger charge is 2.27. The molecule has 0 aliphatic carbocycles. The molecule has 2 N–H and O–H groups in total. The average Bonchev–Trinajstić information content (AvgIpc) is 2.63. The van der Waals surface area contributed by atoms with Crippen LogP contribution in [-0.4, -0.2) is 43.0 Å². The summed E-state index contributed by atoms with van der Waals surface area (Å²) in [7, 11) is 2.62. The number of aromatic hydroxyl groups is 2. The minimum Gasteiger partial charge on any atom is -0.507 e. The third-order valence-electron chi connectivity index (χ3n) is 3.86. The fourth-order valence-electron chi connectivity index (χ4n) is 2.61. The van der Waals surface area contributed by atoms with Crippen molar-refractivity contribution in [2.75, 3.05) is 20.8 Å². The Balaban J connectivity index is 2.52. The Kier molecular flexibility index (Phi) is 6.58. The second-order valence-corrected chi connectivity index (χ2v) is 5.92. The number of rotatable bonds is 6. The minimum absolute atomic E-state index is 0.0367. The Morgan fingerprint density at radius 2 is 1.71 bits per heavy atom. The summed E-state index contributed by atoms with van der Waals surface area (Å²) in [6, 6.07) is 3.80. The SMILES string of the molecule is CCOC(=O)c1c(O)cc(OC(=O)c2c(OC)ccc(Cl)c2O)c(OC)c1C. The number of methoxy groups -OCH3 is 2. The van der Waals surface area contributed by atoms with Crippen LogP contribution >= 0.6 is 11.6 Å². The van der Waals surface area contributed by atoms with Crippen molar-refractivity contribution in [1.29, 1.82) is 0 Å². The molecular formula is C19H19ClO8. The lowest BCUT2D eigenvalue weighted by atomic mass is 10.1. The Hall–Kier alpha value is -3.13. The number of halogens is 1. The van der Waals surface area contributed by atoms with Crippen LogP contribution in [0.25, 0.3) is 0 Å². The topological polar surface area (TPSA) is 112 Å². The molecule has 0 aliphatic heterocycles. The third kappa shape index (κ3) is 3.91. The van der Waals surface area contributed by atoms with Gasteiger partial charge in [-0.2, -0.15) is 0 Å². The lowest BCUT2D eigenvalue weighted by Gasteiger charge is -2.17. The lowest BCUT2D eigenvalue weighted by Crippen LogP contribution is -2.13. The number of hydrogen-bond donors (Lipinski definition) is 2. The van der Waals surface area contributed by atoms with Crippen LogP contribution < -0.4 is 14.2 Å². The summed E-state index contributed by atoms with van der Waals surface area (Å²) in [5.74, 6) is -2.82. The van der Waals surface area contributed by atoms with Crippen molar-refractivity contribution in [3.05, 3.63) is 39.9 Å². The molecule has 0 radical (unpaired) electrons. The van der Waals surface area contributed by atoms with Gasteiger partial charge in [-0.1, -0.05) is 11.6 Å². The fraction of sp³-hybridized carbons (Fsp3) is 0.263. The number of carbonyl (C=O) groups excluding carboxylic acids is 2. The van der Waals surface area contributed by atoms with E-state index in [2.05, 4.69) is 0 Å². The van der Waals surface area contributed by atoms with E-state index in [9.17, 15) is 19.8 Å². The molecule has 2 aromatic carbocycles. The van der Waals surface area contributed by atoms with Gasteiger partial charge in [-0.05, 0) is 26.0 Å². The molecule has 2 rings (SSSR count). The molecule has 0 atom stereocenters. The van der Waals surface area contributed by atoms with Crippen molar-refractivity contribution in [3.63, 3.8) is 0 Å². The molecule has 150 valence electrons. The van der Waals surface area contributed by atoms with Gasteiger partial charge in [0.15, 0.2) is 17.2 Å². The van der Waals surface area contributed by atoms with E-state index in [1.807, 2.05) is 0 Å². The molecule has 0 heterocycles. The first-order valence-electron chi connectivity index (χ1n) is 8.12. The maximum atomic E-state index is 12.6. The van der Waals surface area contributed by atoms with Crippen molar-refractivity contribution < 1.29 is 38.7 Å². The van der Waals surface area contributed by atoms with E-state index in [1.165, 1.54) is 33.3 Å². The molecule has 0 unspecified atom stereocenters. The summed E-state index contributed by atoms with van der Waals surface area (Å²) < 4.78 is 20.5. The maximum absolute atomic E-state index is 12.6. The van der Waals surface area contributed by atoms with E-state index >= 15 is 0 Å². The summed E-state index contributed by atoms with van der Waals surface area (Å²) in [6.07, 6.45) is 0. The van der Waals surface area contributed by atoms with Crippen LogP contribution in [0.3, 0.4) is 0 Å². The number of phenolic OH excluding ortho intramolecular Hbond substituents is 2. The normalized spacial score (nSPS) is 10.3. The van der Waals surface area contributed by atoms with Crippen LogP contribution in [0.5, 0.6) is 28.7 Å². The van der Waals surface area contributed by atoms with E-state index in [0.717, 1.165) is 6.07 Å². The van der Waals surface area contributed by atoms with Crippen LogP contribution in [0.1, 0.15) is 33.2 Å². The predicted octanol–water partition coefficient (Wildman–Crippen LogP) is 3.47. The molecule has 0 fully saturated rings. The van der Waals surface area contributed by atoms with Gasteiger partial charge in [0, 0.05) is 11.6 Å². The highest BCUT2D eigenvalue weighted by molar-refractivity contribution is 6.32. The summed E-state index contributed by atoms with van der Waals surface area (Å²) in [6.45, 7) is 3.24. The first kappa shape index (κ1) is 21.2. The highest BCUT2D eigenvalue weighted by atomic mass is 35.5. The summed E-state index contributed by atoms with van der Waals surface area (Å²) in [4.78, 5) is 24.7. The van der Waals surface area contributed by atoms with E-state index in [-0.39, 0.29) is 45.6 Å². The number of phenols is 2. The van der Waals surface area contributed by atoms with Gasteiger partial charge in [-0.15, -0.1) is 0 Å². The molecule has 0 amide bonds. The Bertz CT molecular complexity index is 923. The van der Waals surface area contributed by atoms with Gasteiger partial charge < -0.3 is 29.2 Å². The van der Waals surface area contributed by atoms with E-state index < -0.39 is 23.4 Å². The monoisotopic (exact) mass is 410 g/mol. The molecule has 2 aromatic rings. The highest BCUT2D eigenvalue weighted by Crippen LogP contribution is 2.41. The molecule has 0 spiro atoms. The Morgan fingerprint density at radius 3 is 2.29 bits per heavy atom. The molecule has 9 heteroatoms. The quantitative estimate of drug-likeness (QED) is 0.550. The van der Waals surface area contributed by atoms with Gasteiger partial charge in [0.05, 0.1) is 25.8 Å². The number of esters is 2. The molecule has 8 nitrogen and oxygen atoms in total. The number of carbonyl (C=O) groups is 2. The standard InChI is InChI=1S/C19H19ClO8/c1-5-27-18(23)14-9(2)17(26-4)13(8-11(14)21)28-19(24)15-12(25-3)7-6-10(20)16(15)22/h6-8,21-22H,5H2,1-4H3. The predicted molar refractivity (Wildman–Crippen MR) is 100.0 cm³/mol. The van der Waals surface area contributed by atoms with Crippen LogP contribution in [-0.2, 0) is 4.74 Å². The first-order chi connectivity index (χ1) is 13.3. The summed E-state index contributed by atoms with van der Waals surface area (Å²) in [5.41, 5.74) is -0.198. The van der Waals surface area contributed by atoms with E-state index in [0.29, 0.717) is 0 Å². The molecule has 0 bridgehead atoms. The maximum Gasteiger partial charge on any atom is 0.351 e. The van der Waals surface area contributed by atoms with Crippen molar-refractivity contribution in [2.45, 2.75) is 13.8 Å². The summed E-state index contributed by atoms with van der Waals surface area (Å²) >= 11 is 5.85. The molecular weight excluding hydrogens is 392 g/mol. The smallest absolute Gasteiger partial charge is 0.351 e. The van der Waals surface area contributed by atoms with E-state index in [1.54, 1.807) is 6.92 Å². The second-order valence-electron chi connectivity index (χ2n) is 5.51. The first-order valence-corrected chi connectivity index (χ1v) is 8.49. The van der Waals surface area contributed by atoms with Gasteiger partial charge in [0.2, 0.25) is 0 Å². The Labute approximate surface area is 166 Å². The molecule has 0 saturated heterocycles. The number of ether oxygens (including phenoxy) is 4. The average molecular weight is 411 g/mol. The van der Waals surface area contributed by atoms with Crippen LogP contribution in [0.4, 0.5) is 0 Å². The zero-order valence-electron chi connectivity index (χ0n) is 15.7. The van der Waals surface area contributed by atoms with Crippen molar-refractivity contribution in [2.24, 2.45) is 0 Å². The van der Waals surface area contributed by atoms with E-state index in [4.69, 9.17) is 30.5 Å². The van der Waals surface area contributed by atoms with Crippen LogP contribution in [0.15, 0.2) is 18.2 Å². The van der Waals surface area contributed by atoms with Crippen LogP contribution in [0.2, 0.25) is 5.02 Å². The largest absolute Gasteiger partial charge is 0.507 e. The van der Waals surface area contributed by atoms with Gasteiger partial charge in [0.1, 0.15) is 22.6 Å². The number of benzene rings is 2. The van der Waals surface area contributed by atoms with Gasteiger partial charge >= 0.3 is 11.9 Å². The fourth-order valence-corrected chi connectivity index (χ4v) is 2.77. The second kappa shape index (κ2) is 8.71. The Morgan fingerprint density at radius 1 is 1.04 bits per heavy atom. The van der Waals surface area contributed by atoms with Crippen molar-refractivity contribution >= 4 is 23.5 Å². The van der Waals surface area contributed by atoms with Crippen molar-refractivity contribution in [1.82, 2.24) is 0 Å². The van der Waals surface area contributed by atoms with Gasteiger partial charge in [-0.25, -0.2) is 9.59 Å². The van der Waals surface area contributed by atoms with Crippen molar-refractivity contribution in [3.8, 4) is 28.7 Å². The number of hydrogen-bond acceptors (Lipinski definition) is 8. The molecule has 28 heavy (non-hydrogen) atoms. The zero-order valence-corrected chi connectivity index (χ0v) is 16.4. The van der Waals surface area contributed by atoms with Gasteiger partial charge in [-0.3, -0.25) is 0 Å².